The lowest BCUT2D eigenvalue weighted by Crippen LogP contribution is -2.40. The molecule has 3 aromatic carbocycles. The van der Waals surface area contributed by atoms with E-state index in [4.69, 9.17) is 0 Å². The minimum Gasteiger partial charge on any atom is -0.355 e. The molecule has 1 atom stereocenters. The van der Waals surface area contributed by atoms with Gasteiger partial charge < -0.3 is 10.6 Å². The molecule has 0 aliphatic heterocycles. The zero-order chi connectivity index (χ0) is 20.9. The number of benzene rings is 3. The number of aliphatic imine (C=N–C) groups is 1. The molecule has 0 aliphatic carbocycles. The van der Waals surface area contributed by atoms with Gasteiger partial charge in [0.15, 0.2) is 15.8 Å². The second-order valence-electron chi connectivity index (χ2n) is 6.72. The molecule has 0 radical (unpaired) electrons. The third-order valence-corrected chi connectivity index (χ3v) is 6.43. The summed E-state index contributed by atoms with van der Waals surface area (Å²) in [4.78, 5) is 3.87. The number of fused-ring (bicyclic) bond motifs is 1. The summed E-state index contributed by atoms with van der Waals surface area (Å²) in [5, 5.41) is 8.57. The molecule has 7 heteroatoms. The van der Waals surface area contributed by atoms with E-state index in [2.05, 4.69) is 46.0 Å². The molecule has 0 aromatic heterocycles. The highest BCUT2D eigenvalue weighted by Gasteiger charge is 2.18. The van der Waals surface area contributed by atoms with Crippen LogP contribution in [0.4, 0.5) is 4.39 Å². The van der Waals surface area contributed by atoms with Gasteiger partial charge in [0.1, 0.15) is 10.7 Å². The Morgan fingerprint density at radius 2 is 1.72 bits per heavy atom. The minimum atomic E-state index is -3.72. The molecule has 0 amide bonds. The Hall–Kier alpha value is -2.93. The first-order valence-corrected chi connectivity index (χ1v) is 11.0. The molecule has 29 heavy (non-hydrogen) atoms. The Bertz CT molecular complexity index is 1130. The van der Waals surface area contributed by atoms with Gasteiger partial charge in [-0.2, -0.15) is 0 Å². The van der Waals surface area contributed by atoms with Crippen LogP contribution in [0, 0.1) is 5.82 Å². The molecule has 152 valence electrons. The van der Waals surface area contributed by atoms with Crippen molar-refractivity contribution >= 4 is 26.6 Å². The van der Waals surface area contributed by atoms with Crippen LogP contribution in [0.1, 0.15) is 18.5 Å². The van der Waals surface area contributed by atoms with Crippen LogP contribution in [-0.4, -0.2) is 33.7 Å². The zero-order valence-corrected chi connectivity index (χ0v) is 17.2. The molecule has 2 N–H and O–H groups in total. The van der Waals surface area contributed by atoms with Gasteiger partial charge in [-0.25, -0.2) is 12.8 Å². The molecule has 0 saturated carbocycles. The molecular formula is C22H24FN3O2S. The van der Waals surface area contributed by atoms with Crippen molar-refractivity contribution in [3.63, 3.8) is 0 Å². The van der Waals surface area contributed by atoms with Gasteiger partial charge in [0, 0.05) is 13.6 Å². The van der Waals surface area contributed by atoms with Crippen LogP contribution in [0.15, 0.2) is 76.6 Å². The standard InChI is InChI=1S/C22H24FN3O2S/c1-16(18-12-11-17-7-3-4-8-19(17)15-18)26-22(24-2)25-13-14-29(27,28)21-10-6-5-9-20(21)23/h3-12,15-16H,13-14H2,1-2H3,(H2,24,25,26). The van der Waals surface area contributed by atoms with Crippen LogP contribution in [0.3, 0.4) is 0 Å². The number of nitrogens with zero attached hydrogens (tertiary/aromatic N) is 1. The van der Waals surface area contributed by atoms with Crippen molar-refractivity contribution in [2.75, 3.05) is 19.3 Å². The first-order valence-electron chi connectivity index (χ1n) is 9.34. The highest BCUT2D eigenvalue weighted by Crippen LogP contribution is 2.20. The summed E-state index contributed by atoms with van der Waals surface area (Å²) in [6, 6.07) is 19.7. The molecule has 0 saturated heterocycles. The Kier molecular flexibility index (Phi) is 6.49. The average Bonchev–Trinajstić information content (AvgIpc) is 2.72. The quantitative estimate of drug-likeness (QED) is 0.478. The number of halogens is 1. The van der Waals surface area contributed by atoms with Gasteiger partial charge in [-0.3, -0.25) is 4.99 Å². The van der Waals surface area contributed by atoms with Crippen LogP contribution in [0.5, 0.6) is 0 Å². The number of rotatable bonds is 6. The Balaban J connectivity index is 1.61. The van der Waals surface area contributed by atoms with Gasteiger partial charge in [-0.15, -0.1) is 0 Å². The predicted molar refractivity (Wildman–Crippen MR) is 115 cm³/mol. The first-order chi connectivity index (χ1) is 13.9. The normalized spacial score (nSPS) is 13.3. The zero-order valence-electron chi connectivity index (χ0n) is 16.4. The molecule has 0 bridgehead atoms. The topological polar surface area (TPSA) is 70.6 Å². The van der Waals surface area contributed by atoms with E-state index in [1.54, 1.807) is 7.05 Å². The summed E-state index contributed by atoms with van der Waals surface area (Å²) >= 11 is 0. The Labute approximate surface area is 170 Å². The number of sulfone groups is 1. The maximum atomic E-state index is 13.8. The summed E-state index contributed by atoms with van der Waals surface area (Å²) in [5.74, 6) is -0.492. The van der Waals surface area contributed by atoms with Crippen LogP contribution >= 0.6 is 0 Å². The maximum Gasteiger partial charge on any atom is 0.191 e. The van der Waals surface area contributed by atoms with E-state index in [0.29, 0.717) is 5.96 Å². The number of nitrogens with one attached hydrogen (secondary N) is 2. The van der Waals surface area contributed by atoms with Gasteiger partial charge in [0.2, 0.25) is 0 Å². The molecule has 3 aromatic rings. The van der Waals surface area contributed by atoms with Crippen molar-refractivity contribution in [1.82, 2.24) is 10.6 Å². The van der Waals surface area contributed by atoms with Gasteiger partial charge in [0.05, 0.1) is 11.8 Å². The van der Waals surface area contributed by atoms with Crippen LogP contribution in [0.25, 0.3) is 10.8 Å². The number of hydrogen-bond acceptors (Lipinski definition) is 3. The lowest BCUT2D eigenvalue weighted by Gasteiger charge is -2.19. The van der Waals surface area contributed by atoms with E-state index in [0.717, 1.165) is 17.0 Å². The fraction of sp³-hybridized carbons (Fsp3) is 0.227. The molecule has 0 aliphatic rings. The predicted octanol–water partition coefficient (Wildman–Crippen LogP) is 3.68. The van der Waals surface area contributed by atoms with E-state index in [1.807, 2.05) is 19.1 Å². The Morgan fingerprint density at radius 1 is 1.03 bits per heavy atom. The van der Waals surface area contributed by atoms with Crippen molar-refractivity contribution in [3.05, 3.63) is 78.1 Å². The van der Waals surface area contributed by atoms with Crippen LogP contribution in [-0.2, 0) is 9.84 Å². The lowest BCUT2D eigenvalue weighted by atomic mass is 10.0. The minimum absolute atomic E-state index is 0.0334. The number of hydrogen-bond donors (Lipinski definition) is 2. The van der Waals surface area contributed by atoms with Crippen LogP contribution < -0.4 is 10.6 Å². The Morgan fingerprint density at radius 3 is 2.45 bits per heavy atom. The van der Waals surface area contributed by atoms with Crippen molar-refractivity contribution in [2.45, 2.75) is 17.9 Å². The lowest BCUT2D eigenvalue weighted by molar-refractivity contribution is 0.566. The molecule has 1 unspecified atom stereocenters. The molecular weight excluding hydrogens is 389 g/mol. The fourth-order valence-electron chi connectivity index (χ4n) is 3.07. The molecule has 0 heterocycles. The van der Waals surface area contributed by atoms with Gasteiger partial charge >= 0.3 is 0 Å². The van der Waals surface area contributed by atoms with Crippen molar-refractivity contribution in [1.29, 1.82) is 0 Å². The van der Waals surface area contributed by atoms with E-state index >= 15 is 0 Å². The average molecular weight is 414 g/mol. The summed E-state index contributed by atoms with van der Waals surface area (Å²) < 4.78 is 38.5. The molecule has 0 spiro atoms. The fourth-order valence-corrected chi connectivity index (χ4v) is 4.31. The van der Waals surface area contributed by atoms with E-state index in [1.165, 1.54) is 23.6 Å². The molecule has 5 nitrogen and oxygen atoms in total. The first kappa shape index (κ1) is 20.8. The summed E-state index contributed by atoms with van der Waals surface area (Å²) in [6.07, 6.45) is 0. The highest BCUT2D eigenvalue weighted by molar-refractivity contribution is 7.91. The summed E-state index contributed by atoms with van der Waals surface area (Å²) in [7, 11) is -2.10. The SMILES string of the molecule is CN=C(NCCS(=O)(=O)c1ccccc1F)NC(C)c1ccc2ccccc2c1. The van der Waals surface area contributed by atoms with Gasteiger partial charge in [-0.1, -0.05) is 48.5 Å². The van der Waals surface area contributed by atoms with Crippen molar-refractivity contribution in [3.8, 4) is 0 Å². The van der Waals surface area contributed by atoms with E-state index < -0.39 is 15.7 Å². The smallest absolute Gasteiger partial charge is 0.191 e. The third kappa shape index (κ3) is 5.12. The molecule has 3 rings (SSSR count). The second kappa shape index (κ2) is 9.05. The maximum absolute atomic E-state index is 13.8. The highest BCUT2D eigenvalue weighted by atomic mass is 32.2. The van der Waals surface area contributed by atoms with E-state index in [-0.39, 0.29) is 23.2 Å². The summed E-state index contributed by atoms with van der Waals surface area (Å²) in [6.45, 7) is 2.12. The monoisotopic (exact) mass is 413 g/mol. The van der Waals surface area contributed by atoms with E-state index in [9.17, 15) is 12.8 Å². The largest absolute Gasteiger partial charge is 0.355 e. The van der Waals surface area contributed by atoms with Crippen molar-refractivity contribution < 1.29 is 12.8 Å². The third-order valence-electron chi connectivity index (χ3n) is 4.69. The van der Waals surface area contributed by atoms with Gasteiger partial charge in [0.25, 0.3) is 0 Å². The van der Waals surface area contributed by atoms with Gasteiger partial charge in [-0.05, 0) is 41.5 Å². The summed E-state index contributed by atoms with van der Waals surface area (Å²) in [5.41, 5.74) is 1.09. The van der Waals surface area contributed by atoms with Crippen molar-refractivity contribution in [2.24, 2.45) is 4.99 Å². The molecule has 0 fully saturated rings. The van der Waals surface area contributed by atoms with Crippen LogP contribution in [0.2, 0.25) is 0 Å². The number of guanidine groups is 1. The second-order valence-corrected chi connectivity index (χ2v) is 8.80.